The minimum atomic E-state index is -0.0522. The molecule has 0 bridgehead atoms. The molecule has 19 heavy (non-hydrogen) atoms. The van der Waals surface area contributed by atoms with Crippen molar-refractivity contribution in [2.24, 2.45) is 5.73 Å². The van der Waals surface area contributed by atoms with Gasteiger partial charge in [-0.2, -0.15) is 0 Å². The van der Waals surface area contributed by atoms with Crippen molar-refractivity contribution in [2.75, 3.05) is 13.2 Å². The molecule has 0 saturated carbocycles. The second kappa shape index (κ2) is 7.39. The van der Waals surface area contributed by atoms with Crippen LogP contribution in [0, 0.1) is 0 Å². The first-order valence-electron chi connectivity index (χ1n) is 6.95. The fourth-order valence-electron chi connectivity index (χ4n) is 2.34. The minimum absolute atomic E-state index is 0.0153. The second-order valence-electron chi connectivity index (χ2n) is 4.96. The molecule has 2 N–H and O–H groups in total. The molecule has 0 aliphatic carbocycles. The topological polar surface area (TPSA) is 44.5 Å². The van der Waals surface area contributed by atoms with Crippen LogP contribution in [0.5, 0.6) is 0 Å². The van der Waals surface area contributed by atoms with E-state index in [9.17, 15) is 0 Å². The van der Waals surface area contributed by atoms with E-state index in [2.05, 4.69) is 28.9 Å². The third-order valence-electron chi connectivity index (χ3n) is 3.58. The Morgan fingerprint density at radius 1 is 1.37 bits per heavy atom. The Hall–Kier alpha value is -0.420. The zero-order valence-electron chi connectivity index (χ0n) is 11.3. The monoisotopic (exact) mass is 327 g/mol. The van der Waals surface area contributed by atoms with Gasteiger partial charge in [-0.25, -0.2) is 0 Å². The van der Waals surface area contributed by atoms with Gasteiger partial charge in [0, 0.05) is 23.7 Å². The van der Waals surface area contributed by atoms with E-state index < -0.39 is 0 Å². The van der Waals surface area contributed by atoms with Crippen LogP contribution in [0.3, 0.4) is 0 Å². The van der Waals surface area contributed by atoms with E-state index in [-0.39, 0.29) is 18.2 Å². The Morgan fingerprint density at radius 3 is 2.68 bits per heavy atom. The van der Waals surface area contributed by atoms with E-state index >= 15 is 0 Å². The highest BCUT2D eigenvalue weighted by Gasteiger charge is 2.26. The molecule has 2 unspecified atom stereocenters. The van der Waals surface area contributed by atoms with Gasteiger partial charge in [0.1, 0.15) is 0 Å². The van der Waals surface area contributed by atoms with Gasteiger partial charge in [-0.1, -0.05) is 41.1 Å². The van der Waals surface area contributed by atoms with Gasteiger partial charge in [0.25, 0.3) is 0 Å². The van der Waals surface area contributed by atoms with Crippen LogP contribution < -0.4 is 5.73 Å². The molecule has 3 nitrogen and oxygen atoms in total. The summed E-state index contributed by atoms with van der Waals surface area (Å²) in [5.41, 5.74) is 7.40. The number of nitrogens with two attached hydrogens (primary N) is 1. The summed E-state index contributed by atoms with van der Waals surface area (Å²) in [7, 11) is 0. The average molecular weight is 328 g/mol. The molecule has 0 aromatic heterocycles. The maximum atomic E-state index is 6.28. The van der Waals surface area contributed by atoms with Crippen molar-refractivity contribution in [3.8, 4) is 0 Å². The first-order chi connectivity index (χ1) is 9.22. The van der Waals surface area contributed by atoms with Gasteiger partial charge >= 0.3 is 0 Å². The average Bonchev–Trinajstić information content (AvgIpc) is 2.46. The Bertz CT molecular complexity index is 393. The van der Waals surface area contributed by atoms with E-state index in [1.807, 2.05) is 18.2 Å². The van der Waals surface area contributed by atoms with Crippen LogP contribution in [0.2, 0.25) is 0 Å². The standard InChI is InChI=1S/C15H22BrNO2/c1-2-14(17)15(12-5-3-4-6-13(12)16)19-11-7-9-18-10-8-11/h3-6,11,14-15H,2,7-10,17H2,1H3. The van der Waals surface area contributed by atoms with E-state index in [0.29, 0.717) is 0 Å². The molecule has 0 spiro atoms. The summed E-state index contributed by atoms with van der Waals surface area (Å²) in [6.45, 7) is 3.67. The number of benzene rings is 1. The van der Waals surface area contributed by atoms with Crippen LogP contribution in [0.15, 0.2) is 28.7 Å². The summed E-state index contributed by atoms with van der Waals surface area (Å²) in [4.78, 5) is 0. The molecule has 1 aromatic carbocycles. The summed E-state index contributed by atoms with van der Waals surface area (Å²) >= 11 is 3.60. The highest BCUT2D eigenvalue weighted by Crippen LogP contribution is 2.31. The molecule has 2 rings (SSSR count). The Morgan fingerprint density at radius 2 is 2.05 bits per heavy atom. The zero-order valence-corrected chi connectivity index (χ0v) is 12.9. The molecule has 1 saturated heterocycles. The number of hydrogen-bond donors (Lipinski definition) is 1. The fourth-order valence-corrected chi connectivity index (χ4v) is 2.85. The second-order valence-corrected chi connectivity index (χ2v) is 5.82. The Labute approximate surface area is 123 Å². The highest BCUT2D eigenvalue weighted by atomic mass is 79.9. The van der Waals surface area contributed by atoms with Gasteiger partial charge < -0.3 is 15.2 Å². The van der Waals surface area contributed by atoms with Gasteiger partial charge in [0.15, 0.2) is 0 Å². The first-order valence-corrected chi connectivity index (χ1v) is 7.75. The molecule has 0 amide bonds. The molecule has 4 heteroatoms. The molecular formula is C15H22BrNO2. The van der Waals surface area contributed by atoms with E-state index in [1.165, 1.54) is 0 Å². The normalized spacial score (nSPS) is 20.2. The van der Waals surface area contributed by atoms with Crippen molar-refractivity contribution in [1.82, 2.24) is 0 Å². The van der Waals surface area contributed by atoms with Crippen LogP contribution >= 0.6 is 15.9 Å². The Balaban J connectivity index is 2.13. The lowest BCUT2D eigenvalue weighted by atomic mass is 10.00. The number of ether oxygens (including phenoxy) is 2. The van der Waals surface area contributed by atoms with E-state index in [0.717, 1.165) is 42.5 Å². The third kappa shape index (κ3) is 4.02. The summed E-state index contributed by atoms with van der Waals surface area (Å²) in [5, 5.41) is 0. The molecule has 1 aliphatic heterocycles. The van der Waals surface area contributed by atoms with Crippen LogP contribution in [-0.2, 0) is 9.47 Å². The van der Waals surface area contributed by atoms with Crippen molar-refractivity contribution in [2.45, 2.75) is 44.4 Å². The lowest BCUT2D eigenvalue weighted by Gasteiger charge is -2.31. The lowest BCUT2D eigenvalue weighted by Crippen LogP contribution is -2.34. The predicted octanol–water partition coefficient (Wildman–Crippen LogP) is 3.42. The van der Waals surface area contributed by atoms with Crippen molar-refractivity contribution >= 4 is 15.9 Å². The van der Waals surface area contributed by atoms with Crippen molar-refractivity contribution in [3.63, 3.8) is 0 Å². The molecule has 1 aliphatic rings. The van der Waals surface area contributed by atoms with Crippen LogP contribution in [0.4, 0.5) is 0 Å². The van der Waals surface area contributed by atoms with E-state index in [1.54, 1.807) is 0 Å². The predicted molar refractivity (Wildman–Crippen MR) is 80.1 cm³/mol. The van der Waals surface area contributed by atoms with Gasteiger partial charge in [-0.15, -0.1) is 0 Å². The van der Waals surface area contributed by atoms with Crippen LogP contribution in [0.25, 0.3) is 0 Å². The number of rotatable bonds is 5. The fraction of sp³-hybridized carbons (Fsp3) is 0.600. The first kappa shape index (κ1) is 15.0. The smallest absolute Gasteiger partial charge is 0.0990 e. The molecule has 106 valence electrons. The number of hydrogen-bond acceptors (Lipinski definition) is 3. The zero-order chi connectivity index (χ0) is 13.7. The van der Waals surface area contributed by atoms with E-state index in [4.69, 9.17) is 15.2 Å². The quantitative estimate of drug-likeness (QED) is 0.901. The largest absolute Gasteiger partial charge is 0.381 e. The SMILES string of the molecule is CCC(N)C(OC1CCOCC1)c1ccccc1Br. The molecule has 1 heterocycles. The van der Waals surface area contributed by atoms with Crippen LogP contribution in [0.1, 0.15) is 37.9 Å². The van der Waals surface area contributed by atoms with Gasteiger partial charge in [-0.3, -0.25) is 0 Å². The molecule has 1 aromatic rings. The maximum Gasteiger partial charge on any atom is 0.0990 e. The molecular weight excluding hydrogens is 306 g/mol. The summed E-state index contributed by atoms with van der Waals surface area (Å²) in [6, 6.07) is 8.18. The summed E-state index contributed by atoms with van der Waals surface area (Å²) in [6.07, 6.45) is 3.01. The van der Waals surface area contributed by atoms with Gasteiger partial charge in [-0.05, 0) is 30.9 Å². The third-order valence-corrected chi connectivity index (χ3v) is 4.30. The number of halogens is 1. The van der Waals surface area contributed by atoms with Gasteiger partial charge in [0.2, 0.25) is 0 Å². The maximum absolute atomic E-state index is 6.28. The highest BCUT2D eigenvalue weighted by molar-refractivity contribution is 9.10. The van der Waals surface area contributed by atoms with Crippen molar-refractivity contribution in [1.29, 1.82) is 0 Å². The Kier molecular flexibility index (Phi) is 5.82. The molecule has 2 atom stereocenters. The molecule has 0 radical (unpaired) electrons. The summed E-state index contributed by atoms with van der Waals surface area (Å²) < 4.78 is 12.7. The molecule has 1 fully saturated rings. The van der Waals surface area contributed by atoms with Crippen molar-refractivity contribution in [3.05, 3.63) is 34.3 Å². The minimum Gasteiger partial charge on any atom is -0.381 e. The van der Waals surface area contributed by atoms with Crippen molar-refractivity contribution < 1.29 is 9.47 Å². The van der Waals surface area contributed by atoms with Crippen LogP contribution in [-0.4, -0.2) is 25.4 Å². The van der Waals surface area contributed by atoms with Gasteiger partial charge in [0.05, 0.1) is 12.2 Å². The summed E-state index contributed by atoms with van der Waals surface area (Å²) in [5.74, 6) is 0. The lowest BCUT2D eigenvalue weighted by molar-refractivity contribution is -0.0780.